The van der Waals surface area contributed by atoms with Crippen LogP contribution >= 0.6 is 0 Å². The molecule has 0 aromatic heterocycles. The highest BCUT2D eigenvalue weighted by molar-refractivity contribution is 5.70. The second-order valence-corrected chi connectivity index (χ2v) is 3.42. The molecule has 1 aromatic rings. The molecule has 0 aliphatic rings. The molecule has 0 fully saturated rings. The van der Waals surface area contributed by atoms with Crippen LogP contribution in [-0.4, -0.2) is 24.7 Å². The predicted octanol–water partition coefficient (Wildman–Crippen LogP) is 1.14. The number of aromatic hydroxyl groups is 1. The molecule has 88 valence electrons. The van der Waals surface area contributed by atoms with E-state index in [1.54, 1.807) is 0 Å². The summed E-state index contributed by atoms with van der Waals surface area (Å²) in [5.74, 6) is -1.61. The van der Waals surface area contributed by atoms with Crippen molar-refractivity contribution in [1.29, 1.82) is 0 Å². The van der Waals surface area contributed by atoms with Gasteiger partial charge in [-0.15, -0.1) is 0 Å². The predicted molar refractivity (Wildman–Crippen MR) is 56.5 cm³/mol. The molecule has 1 aromatic carbocycles. The van der Waals surface area contributed by atoms with Crippen molar-refractivity contribution in [1.82, 2.24) is 0 Å². The maximum atomic E-state index is 13.5. The lowest BCUT2D eigenvalue weighted by Crippen LogP contribution is -2.18. The lowest BCUT2D eigenvalue weighted by Gasteiger charge is -2.14. The molecule has 0 radical (unpaired) electrons. The lowest BCUT2D eigenvalue weighted by atomic mass is 9.95. The van der Waals surface area contributed by atoms with Gasteiger partial charge in [0.1, 0.15) is 11.6 Å². The van der Waals surface area contributed by atoms with Crippen LogP contribution in [0.15, 0.2) is 18.2 Å². The maximum absolute atomic E-state index is 13.5. The molecule has 4 nitrogen and oxygen atoms in total. The Morgan fingerprint density at radius 1 is 1.62 bits per heavy atom. The van der Waals surface area contributed by atoms with Gasteiger partial charge in [0.15, 0.2) is 0 Å². The largest absolute Gasteiger partial charge is 0.508 e. The molecule has 3 N–H and O–H groups in total. The van der Waals surface area contributed by atoms with E-state index in [1.807, 2.05) is 0 Å². The average Bonchev–Trinajstić information content (AvgIpc) is 2.26. The number of hydrogen-bond donors (Lipinski definition) is 2. The summed E-state index contributed by atoms with van der Waals surface area (Å²) in [5, 5.41) is 9.06. The Morgan fingerprint density at radius 3 is 2.81 bits per heavy atom. The molecule has 1 rings (SSSR count). The zero-order valence-electron chi connectivity index (χ0n) is 8.94. The Hall–Kier alpha value is -1.62. The van der Waals surface area contributed by atoms with E-state index < -0.39 is 17.7 Å². The van der Waals surface area contributed by atoms with E-state index in [9.17, 15) is 9.18 Å². The molecule has 0 aliphatic carbocycles. The van der Waals surface area contributed by atoms with Crippen LogP contribution in [-0.2, 0) is 9.53 Å². The smallest absolute Gasteiger partial charge is 0.306 e. The standard InChI is InChI=1S/C11H14FNO3/c1-16-11(15)4-7(6-13)9-3-2-8(14)5-10(9)12/h2-3,5,7,14H,4,6,13H2,1H3. The summed E-state index contributed by atoms with van der Waals surface area (Å²) in [4.78, 5) is 11.1. The number of hydrogen-bond acceptors (Lipinski definition) is 4. The molecule has 0 spiro atoms. The first-order chi connectivity index (χ1) is 7.58. The van der Waals surface area contributed by atoms with Gasteiger partial charge in [0, 0.05) is 12.0 Å². The van der Waals surface area contributed by atoms with Crippen LogP contribution in [0.4, 0.5) is 4.39 Å². The van der Waals surface area contributed by atoms with Crippen molar-refractivity contribution in [3.63, 3.8) is 0 Å². The Bertz CT molecular complexity index is 381. The third kappa shape index (κ3) is 2.93. The molecular weight excluding hydrogens is 213 g/mol. The van der Waals surface area contributed by atoms with Gasteiger partial charge in [0.2, 0.25) is 0 Å². The zero-order valence-corrected chi connectivity index (χ0v) is 8.94. The van der Waals surface area contributed by atoms with Gasteiger partial charge >= 0.3 is 5.97 Å². The van der Waals surface area contributed by atoms with Crippen molar-refractivity contribution in [3.05, 3.63) is 29.6 Å². The van der Waals surface area contributed by atoms with Gasteiger partial charge in [-0.1, -0.05) is 6.07 Å². The summed E-state index contributed by atoms with van der Waals surface area (Å²) >= 11 is 0. The van der Waals surface area contributed by atoms with Crippen LogP contribution in [0.3, 0.4) is 0 Å². The normalized spacial score (nSPS) is 12.2. The number of halogens is 1. The number of benzene rings is 1. The van der Waals surface area contributed by atoms with E-state index in [4.69, 9.17) is 10.8 Å². The molecular formula is C11H14FNO3. The summed E-state index contributed by atoms with van der Waals surface area (Å²) in [6, 6.07) is 3.78. The van der Waals surface area contributed by atoms with Crippen molar-refractivity contribution < 1.29 is 19.0 Å². The van der Waals surface area contributed by atoms with Crippen LogP contribution in [0.1, 0.15) is 17.9 Å². The van der Waals surface area contributed by atoms with Gasteiger partial charge in [-0.3, -0.25) is 4.79 Å². The van der Waals surface area contributed by atoms with Gasteiger partial charge < -0.3 is 15.6 Å². The first kappa shape index (κ1) is 12.4. The minimum atomic E-state index is -0.570. The average molecular weight is 227 g/mol. The Balaban J connectivity index is 2.90. The number of rotatable bonds is 4. The highest BCUT2D eigenvalue weighted by atomic mass is 19.1. The zero-order chi connectivity index (χ0) is 12.1. The highest BCUT2D eigenvalue weighted by Gasteiger charge is 2.18. The van der Waals surface area contributed by atoms with Gasteiger partial charge in [-0.05, 0) is 18.2 Å². The molecule has 0 heterocycles. The number of carbonyl (C=O) groups excluding carboxylic acids is 1. The monoisotopic (exact) mass is 227 g/mol. The number of esters is 1. The summed E-state index contributed by atoms with van der Waals surface area (Å²) < 4.78 is 18.0. The first-order valence-electron chi connectivity index (χ1n) is 4.83. The molecule has 0 bridgehead atoms. The third-order valence-electron chi connectivity index (χ3n) is 2.35. The molecule has 0 saturated heterocycles. The van der Waals surface area contributed by atoms with E-state index in [-0.39, 0.29) is 18.7 Å². The minimum absolute atomic E-state index is 0.0225. The van der Waals surface area contributed by atoms with E-state index in [0.717, 1.165) is 6.07 Å². The van der Waals surface area contributed by atoms with E-state index in [0.29, 0.717) is 5.56 Å². The fraction of sp³-hybridized carbons (Fsp3) is 0.364. The SMILES string of the molecule is COC(=O)CC(CN)c1ccc(O)cc1F. The number of phenols is 1. The van der Waals surface area contributed by atoms with Crippen LogP contribution in [0.5, 0.6) is 5.75 Å². The fourth-order valence-electron chi connectivity index (χ4n) is 1.45. The lowest BCUT2D eigenvalue weighted by molar-refractivity contribution is -0.141. The second-order valence-electron chi connectivity index (χ2n) is 3.42. The van der Waals surface area contributed by atoms with E-state index in [2.05, 4.69) is 4.74 Å². The number of carbonyl (C=O) groups is 1. The maximum Gasteiger partial charge on any atom is 0.306 e. The highest BCUT2D eigenvalue weighted by Crippen LogP contribution is 2.24. The Labute approximate surface area is 92.8 Å². The molecule has 0 amide bonds. The summed E-state index contributed by atoms with van der Waals surface area (Å²) in [7, 11) is 1.27. The first-order valence-corrected chi connectivity index (χ1v) is 4.83. The molecule has 0 aliphatic heterocycles. The molecule has 0 saturated carbocycles. The number of ether oxygens (including phenoxy) is 1. The quantitative estimate of drug-likeness (QED) is 0.756. The van der Waals surface area contributed by atoms with Crippen LogP contribution in [0.25, 0.3) is 0 Å². The molecule has 1 atom stereocenters. The van der Waals surface area contributed by atoms with Crippen molar-refractivity contribution in [3.8, 4) is 5.75 Å². The van der Waals surface area contributed by atoms with Crippen LogP contribution in [0, 0.1) is 5.82 Å². The molecule has 5 heteroatoms. The Kier molecular flexibility index (Phi) is 4.25. The minimum Gasteiger partial charge on any atom is -0.508 e. The van der Waals surface area contributed by atoms with E-state index >= 15 is 0 Å². The summed E-state index contributed by atoms with van der Waals surface area (Å²) in [5.41, 5.74) is 5.79. The van der Waals surface area contributed by atoms with Gasteiger partial charge in [-0.25, -0.2) is 4.39 Å². The Morgan fingerprint density at radius 2 is 2.31 bits per heavy atom. The van der Waals surface area contributed by atoms with Crippen molar-refractivity contribution in [2.24, 2.45) is 5.73 Å². The number of phenolic OH excluding ortho intramolecular Hbond substituents is 1. The third-order valence-corrected chi connectivity index (χ3v) is 2.35. The van der Waals surface area contributed by atoms with Gasteiger partial charge in [-0.2, -0.15) is 0 Å². The van der Waals surface area contributed by atoms with Crippen LogP contribution in [0.2, 0.25) is 0 Å². The summed E-state index contributed by atoms with van der Waals surface area (Å²) in [6.07, 6.45) is 0.0225. The topological polar surface area (TPSA) is 72.5 Å². The molecule has 1 unspecified atom stereocenters. The molecule has 16 heavy (non-hydrogen) atoms. The van der Waals surface area contributed by atoms with Crippen molar-refractivity contribution in [2.75, 3.05) is 13.7 Å². The van der Waals surface area contributed by atoms with Crippen molar-refractivity contribution >= 4 is 5.97 Å². The number of methoxy groups -OCH3 is 1. The van der Waals surface area contributed by atoms with Gasteiger partial charge in [0.25, 0.3) is 0 Å². The van der Waals surface area contributed by atoms with E-state index in [1.165, 1.54) is 19.2 Å². The van der Waals surface area contributed by atoms with Crippen molar-refractivity contribution in [2.45, 2.75) is 12.3 Å². The van der Waals surface area contributed by atoms with Gasteiger partial charge in [0.05, 0.1) is 13.5 Å². The second kappa shape index (κ2) is 5.46. The summed E-state index contributed by atoms with van der Waals surface area (Å²) in [6.45, 7) is 0.136. The number of nitrogens with two attached hydrogens (primary N) is 1. The fourth-order valence-corrected chi connectivity index (χ4v) is 1.45. The van der Waals surface area contributed by atoms with Crippen LogP contribution < -0.4 is 5.73 Å².